The van der Waals surface area contributed by atoms with Crippen LogP contribution in [-0.4, -0.2) is 69.6 Å². The molecule has 3 saturated heterocycles. The third-order valence-electron chi connectivity index (χ3n) is 5.88. The fourth-order valence-electron chi connectivity index (χ4n) is 4.40. The number of nitrogens with one attached hydrogen (secondary N) is 3. The van der Waals surface area contributed by atoms with Crippen LogP contribution in [-0.2, 0) is 14.6 Å². The summed E-state index contributed by atoms with van der Waals surface area (Å²) in [7, 11) is -1.22. The largest absolute Gasteiger partial charge is 0.380 e. The molecule has 146 valence electrons. The van der Waals surface area contributed by atoms with Crippen LogP contribution < -0.4 is 16.0 Å². The number of methoxy groups -OCH3 is 1. The highest BCUT2D eigenvalue weighted by Crippen LogP contribution is 2.28. The molecule has 3 N–H and O–H groups in total. The van der Waals surface area contributed by atoms with Gasteiger partial charge in [-0.05, 0) is 50.2 Å². The first-order chi connectivity index (χ1) is 12.0. The molecule has 0 spiro atoms. The number of hydrogen-bond acceptors (Lipinski definition) is 7. The van der Waals surface area contributed by atoms with Crippen LogP contribution >= 0.6 is 11.8 Å². The van der Waals surface area contributed by atoms with E-state index in [0.717, 1.165) is 37.6 Å². The Balaban J connectivity index is 1.52. The van der Waals surface area contributed by atoms with E-state index < -0.39 is 9.84 Å². The minimum absolute atomic E-state index is 0.209. The summed E-state index contributed by atoms with van der Waals surface area (Å²) < 4.78 is 29.2. The maximum Gasteiger partial charge on any atom is 0.163 e. The molecule has 0 saturated carbocycles. The number of rotatable bonds is 6. The van der Waals surface area contributed by atoms with E-state index in [1.165, 1.54) is 24.9 Å². The molecule has 6 atom stereocenters. The van der Waals surface area contributed by atoms with E-state index in [1.807, 2.05) is 0 Å². The van der Waals surface area contributed by atoms with Crippen molar-refractivity contribution < 1.29 is 13.2 Å². The van der Waals surface area contributed by atoms with Crippen LogP contribution in [0.3, 0.4) is 0 Å². The lowest BCUT2D eigenvalue weighted by Crippen LogP contribution is -2.62. The minimum Gasteiger partial charge on any atom is -0.380 e. The summed E-state index contributed by atoms with van der Waals surface area (Å²) in [6.45, 7) is 1.81. The molecule has 3 aliphatic rings. The topological polar surface area (TPSA) is 79.5 Å². The van der Waals surface area contributed by atoms with Crippen molar-refractivity contribution in [2.24, 2.45) is 5.92 Å². The predicted octanol–water partition coefficient (Wildman–Crippen LogP) is 0.935. The van der Waals surface area contributed by atoms with E-state index in [0.29, 0.717) is 18.5 Å². The average molecular weight is 392 g/mol. The zero-order valence-corrected chi connectivity index (χ0v) is 17.0. The standard InChI is InChI=1S/C17H33N3O3S2/c1-23-14-6-7-15(18-11-13-4-3-9-24-13)20-17(14)12-5-8-16(19-10-12)25(2,21)22/h12-20H,3-11H2,1-2H3. The van der Waals surface area contributed by atoms with E-state index in [1.54, 1.807) is 7.11 Å². The van der Waals surface area contributed by atoms with Gasteiger partial charge in [-0.3, -0.25) is 5.32 Å². The SMILES string of the molecule is COC1CCC(NCC2CCCS2)NC1C1CCC(S(C)(=O)=O)NC1. The Morgan fingerprint density at radius 3 is 2.64 bits per heavy atom. The van der Waals surface area contributed by atoms with Gasteiger partial charge in [-0.15, -0.1) is 0 Å². The maximum atomic E-state index is 11.7. The third kappa shape index (κ3) is 5.32. The van der Waals surface area contributed by atoms with Crippen molar-refractivity contribution >= 4 is 21.6 Å². The van der Waals surface area contributed by atoms with Crippen molar-refractivity contribution in [3.8, 4) is 0 Å². The van der Waals surface area contributed by atoms with Crippen LogP contribution in [0.4, 0.5) is 0 Å². The predicted molar refractivity (Wildman–Crippen MR) is 104 cm³/mol. The summed E-state index contributed by atoms with van der Waals surface area (Å²) in [5.41, 5.74) is 0. The Kier molecular flexibility index (Phi) is 7.07. The smallest absolute Gasteiger partial charge is 0.163 e. The summed E-state index contributed by atoms with van der Waals surface area (Å²) >= 11 is 2.09. The van der Waals surface area contributed by atoms with Crippen LogP contribution in [0, 0.1) is 5.92 Å². The van der Waals surface area contributed by atoms with Crippen LogP contribution in [0.5, 0.6) is 0 Å². The Morgan fingerprint density at radius 1 is 1.20 bits per heavy atom. The molecule has 0 aromatic carbocycles. The summed E-state index contributed by atoms with van der Waals surface area (Å²) in [6, 6.07) is 0.278. The van der Waals surface area contributed by atoms with Gasteiger partial charge in [0.15, 0.2) is 9.84 Å². The summed E-state index contributed by atoms with van der Waals surface area (Å²) in [6.07, 6.45) is 8.29. The highest BCUT2D eigenvalue weighted by molar-refractivity contribution is 8.00. The molecule has 3 rings (SSSR count). The second-order valence-electron chi connectivity index (χ2n) is 7.70. The fraction of sp³-hybridized carbons (Fsp3) is 1.00. The van der Waals surface area contributed by atoms with E-state index in [9.17, 15) is 8.42 Å². The highest BCUT2D eigenvalue weighted by atomic mass is 32.2. The lowest BCUT2D eigenvalue weighted by atomic mass is 9.84. The van der Waals surface area contributed by atoms with E-state index in [4.69, 9.17) is 4.74 Å². The van der Waals surface area contributed by atoms with Gasteiger partial charge in [-0.2, -0.15) is 11.8 Å². The molecule has 0 radical (unpaired) electrons. The zero-order valence-electron chi connectivity index (χ0n) is 15.4. The quantitative estimate of drug-likeness (QED) is 0.622. The van der Waals surface area contributed by atoms with Crippen LogP contribution in [0.1, 0.15) is 38.5 Å². The summed E-state index contributed by atoms with van der Waals surface area (Å²) in [5.74, 6) is 1.71. The Labute approximate surface area is 156 Å². The van der Waals surface area contributed by atoms with Gasteiger partial charge >= 0.3 is 0 Å². The van der Waals surface area contributed by atoms with Crippen molar-refractivity contribution in [2.75, 3.05) is 32.2 Å². The fourth-order valence-corrected chi connectivity index (χ4v) is 6.58. The maximum absolute atomic E-state index is 11.7. The molecular weight excluding hydrogens is 358 g/mol. The normalized spacial score (nSPS) is 40.2. The van der Waals surface area contributed by atoms with Gasteiger partial charge in [0, 0.05) is 37.7 Å². The number of sulfone groups is 1. The third-order valence-corrected chi connectivity index (χ3v) is 8.72. The molecule has 8 heteroatoms. The molecule has 0 aromatic heterocycles. The van der Waals surface area contributed by atoms with Gasteiger partial charge in [-0.25, -0.2) is 8.42 Å². The molecule has 3 heterocycles. The van der Waals surface area contributed by atoms with Crippen molar-refractivity contribution in [2.45, 2.75) is 67.5 Å². The minimum atomic E-state index is -3.01. The van der Waals surface area contributed by atoms with Crippen LogP contribution in [0.15, 0.2) is 0 Å². The molecule has 6 nitrogen and oxygen atoms in total. The van der Waals surface area contributed by atoms with Gasteiger partial charge in [-0.1, -0.05) is 0 Å². The van der Waals surface area contributed by atoms with Crippen molar-refractivity contribution in [1.82, 2.24) is 16.0 Å². The number of ether oxygens (including phenoxy) is 1. The molecule has 6 unspecified atom stereocenters. The first-order valence-corrected chi connectivity index (χ1v) is 12.5. The number of thioether (sulfide) groups is 1. The second kappa shape index (κ2) is 8.89. The first-order valence-electron chi connectivity index (χ1n) is 9.53. The summed E-state index contributed by atoms with van der Waals surface area (Å²) in [4.78, 5) is 0. The van der Waals surface area contributed by atoms with Gasteiger partial charge in [0.2, 0.25) is 0 Å². The van der Waals surface area contributed by atoms with Gasteiger partial charge < -0.3 is 15.4 Å². The molecule has 3 aliphatic heterocycles. The van der Waals surface area contributed by atoms with Crippen molar-refractivity contribution in [1.29, 1.82) is 0 Å². The molecule has 0 aliphatic carbocycles. The summed E-state index contributed by atoms with van der Waals surface area (Å²) in [5, 5.41) is 11.1. The van der Waals surface area contributed by atoms with Crippen molar-refractivity contribution in [3.05, 3.63) is 0 Å². The molecule has 0 amide bonds. The molecule has 3 fully saturated rings. The van der Waals surface area contributed by atoms with E-state index >= 15 is 0 Å². The Morgan fingerprint density at radius 2 is 2.04 bits per heavy atom. The molecule has 0 bridgehead atoms. The average Bonchev–Trinajstić information content (AvgIpc) is 3.12. The Hall–Kier alpha value is 0.140. The highest BCUT2D eigenvalue weighted by Gasteiger charge is 2.38. The second-order valence-corrected chi connectivity index (χ2v) is 11.3. The lowest BCUT2D eigenvalue weighted by Gasteiger charge is -2.43. The number of piperidine rings is 2. The Bertz CT molecular complexity index is 517. The molecular formula is C17H33N3O3S2. The first kappa shape index (κ1) is 19.9. The number of hydrogen-bond donors (Lipinski definition) is 3. The van der Waals surface area contributed by atoms with Crippen LogP contribution in [0.2, 0.25) is 0 Å². The van der Waals surface area contributed by atoms with E-state index in [-0.39, 0.29) is 17.5 Å². The monoisotopic (exact) mass is 391 g/mol. The van der Waals surface area contributed by atoms with Gasteiger partial charge in [0.05, 0.1) is 12.3 Å². The lowest BCUT2D eigenvalue weighted by molar-refractivity contribution is 0.00411. The van der Waals surface area contributed by atoms with Crippen LogP contribution in [0.25, 0.3) is 0 Å². The molecule has 25 heavy (non-hydrogen) atoms. The van der Waals surface area contributed by atoms with Gasteiger partial charge in [0.1, 0.15) is 5.37 Å². The molecule has 0 aromatic rings. The zero-order chi connectivity index (χ0) is 17.9. The van der Waals surface area contributed by atoms with Gasteiger partial charge in [0.25, 0.3) is 0 Å². The van der Waals surface area contributed by atoms with Crippen molar-refractivity contribution in [3.63, 3.8) is 0 Å². The van der Waals surface area contributed by atoms with E-state index in [2.05, 4.69) is 27.7 Å².